The molecule has 1 atom stereocenters. The van der Waals surface area contributed by atoms with E-state index in [9.17, 15) is 5.11 Å². The van der Waals surface area contributed by atoms with Crippen LogP contribution in [-0.4, -0.2) is 23.7 Å². The molecule has 0 fully saturated rings. The molecule has 5 heteroatoms. The molecule has 1 unspecified atom stereocenters. The lowest BCUT2D eigenvalue weighted by molar-refractivity contribution is 0.280. The lowest BCUT2D eigenvalue weighted by Gasteiger charge is -2.16. The molecular weight excluding hydrogens is 365 g/mol. The van der Waals surface area contributed by atoms with Gasteiger partial charge >= 0.3 is 0 Å². The number of nitrogens with zero attached hydrogens (tertiary/aromatic N) is 1. The Bertz CT molecular complexity index is 410. The van der Waals surface area contributed by atoms with Gasteiger partial charge in [-0.2, -0.15) is 0 Å². The molecule has 4 nitrogen and oxygen atoms in total. The van der Waals surface area contributed by atoms with Crippen molar-refractivity contribution in [3.05, 3.63) is 35.4 Å². The first-order chi connectivity index (χ1) is 9.21. The van der Waals surface area contributed by atoms with Crippen molar-refractivity contribution in [3.8, 4) is 0 Å². The number of hydrogen-bond donors (Lipinski definition) is 3. The van der Waals surface area contributed by atoms with Crippen LogP contribution in [0.15, 0.2) is 29.3 Å². The van der Waals surface area contributed by atoms with Crippen LogP contribution in [0.2, 0.25) is 0 Å². The van der Waals surface area contributed by atoms with E-state index in [-0.39, 0.29) is 30.6 Å². The zero-order chi connectivity index (χ0) is 14.1. The topological polar surface area (TPSA) is 56.7 Å². The number of aliphatic imine (C=N–C) groups is 1. The average molecular weight is 391 g/mol. The first-order valence-electron chi connectivity index (χ1n) is 6.93. The molecule has 0 bridgehead atoms. The van der Waals surface area contributed by atoms with Crippen LogP contribution in [0, 0.1) is 0 Å². The molecule has 0 heterocycles. The number of guanidine groups is 1. The van der Waals surface area contributed by atoms with Gasteiger partial charge in [0.15, 0.2) is 5.96 Å². The van der Waals surface area contributed by atoms with Crippen LogP contribution >= 0.6 is 24.0 Å². The SMILES string of the molecule is CCNC(=NCc1ccccc1CO)NC(C)CC.I. The Morgan fingerprint density at radius 2 is 1.90 bits per heavy atom. The number of rotatable bonds is 6. The van der Waals surface area contributed by atoms with Crippen molar-refractivity contribution < 1.29 is 5.11 Å². The Hall–Kier alpha value is -0.820. The summed E-state index contributed by atoms with van der Waals surface area (Å²) in [5, 5.41) is 15.9. The van der Waals surface area contributed by atoms with Crippen LogP contribution in [0.4, 0.5) is 0 Å². The molecule has 1 rings (SSSR count). The minimum Gasteiger partial charge on any atom is -0.392 e. The summed E-state index contributed by atoms with van der Waals surface area (Å²) < 4.78 is 0. The maximum atomic E-state index is 9.29. The van der Waals surface area contributed by atoms with Gasteiger partial charge in [0, 0.05) is 12.6 Å². The van der Waals surface area contributed by atoms with Crippen LogP contribution in [0.5, 0.6) is 0 Å². The van der Waals surface area contributed by atoms with Gasteiger partial charge in [0.1, 0.15) is 0 Å². The highest BCUT2D eigenvalue weighted by atomic mass is 127. The van der Waals surface area contributed by atoms with Crippen molar-refractivity contribution in [1.82, 2.24) is 10.6 Å². The summed E-state index contributed by atoms with van der Waals surface area (Å²) in [7, 11) is 0. The number of hydrogen-bond acceptors (Lipinski definition) is 2. The fourth-order valence-corrected chi connectivity index (χ4v) is 1.69. The quantitative estimate of drug-likeness (QED) is 0.397. The van der Waals surface area contributed by atoms with E-state index in [1.54, 1.807) is 0 Å². The maximum Gasteiger partial charge on any atom is 0.191 e. The molecule has 0 radical (unpaired) electrons. The molecule has 3 N–H and O–H groups in total. The lowest BCUT2D eigenvalue weighted by Crippen LogP contribution is -2.41. The Kier molecular flexibility index (Phi) is 10.5. The second-order valence-electron chi connectivity index (χ2n) is 4.58. The van der Waals surface area contributed by atoms with Crippen molar-refractivity contribution in [2.75, 3.05) is 6.54 Å². The van der Waals surface area contributed by atoms with Crippen molar-refractivity contribution in [2.24, 2.45) is 4.99 Å². The molecule has 0 aromatic heterocycles. The number of aliphatic hydroxyl groups excluding tert-OH is 1. The lowest BCUT2D eigenvalue weighted by atomic mass is 10.1. The Morgan fingerprint density at radius 1 is 1.25 bits per heavy atom. The van der Waals surface area contributed by atoms with Crippen LogP contribution in [0.25, 0.3) is 0 Å². The van der Waals surface area contributed by atoms with Crippen molar-refractivity contribution in [3.63, 3.8) is 0 Å². The molecule has 1 aromatic carbocycles. The van der Waals surface area contributed by atoms with Crippen LogP contribution in [-0.2, 0) is 13.2 Å². The molecule has 0 spiro atoms. The van der Waals surface area contributed by atoms with E-state index in [0.29, 0.717) is 12.6 Å². The van der Waals surface area contributed by atoms with Crippen molar-refractivity contribution in [2.45, 2.75) is 46.4 Å². The van der Waals surface area contributed by atoms with E-state index in [2.05, 4.69) is 36.4 Å². The highest BCUT2D eigenvalue weighted by Gasteiger charge is 2.04. The Labute approximate surface area is 139 Å². The van der Waals surface area contributed by atoms with Crippen molar-refractivity contribution >= 4 is 29.9 Å². The third-order valence-electron chi connectivity index (χ3n) is 3.04. The van der Waals surface area contributed by atoms with E-state index >= 15 is 0 Å². The largest absolute Gasteiger partial charge is 0.392 e. The smallest absolute Gasteiger partial charge is 0.191 e. The summed E-state index contributed by atoms with van der Waals surface area (Å²) in [6.45, 7) is 7.79. The first-order valence-corrected chi connectivity index (χ1v) is 6.93. The molecule has 0 aliphatic rings. The fourth-order valence-electron chi connectivity index (χ4n) is 1.69. The molecule has 0 saturated carbocycles. The number of benzene rings is 1. The Morgan fingerprint density at radius 3 is 2.45 bits per heavy atom. The minimum absolute atomic E-state index is 0. The van der Waals surface area contributed by atoms with Gasteiger partial charge < -0.3 is 15.7 Å². The minimum atomic E-state index is 0. The van der Waals surface area contributed by atoms with E-state index in [4.69, 9.17) is 0 Å². The van der Waals surface area contributed by atoms with Crippen LogP contribution < -0.4 is 10.6 Å². The van der Waals surface area contributed by atoms with Gasteiger partial charge in [0.2, 0.25) is 0 Å². The molecule has 1 aromatic rings. The van der Waals surface area contributed by atoms with Gasteiger partial charge in [-0.1, -0.05) is 31.2 Å². The first kappa shape index (κ1) is 19.2. The van der Waals surface area contributed by atoms with Gasteiger partial charge in [-0.25, -0.2) is 4.99 Å². The Balaban J connectivity index is 0.00000361. The zero-order valence-electron chi connectivity index (χ0n) is 12.5. The highest BCUT2D eigenvalue weighted by molar-refractivity contribution is 14.0. The number of nitrogens with one attached hydrogen (secondary N) is 2. The molecule has 0 saturated heterocycles. The number of aliphatic hydroxyl groups is 1. The average Bonchev–Trinajstić information content (AvgIpc) is 2.45. The van der Waals surface area contributed by atoms with Gasteiger partial charge in [0.25, 0.3) is 0 Å². The van der Waals surface area contributed by atoms with Crippen molar-refractivity contribution in [1.29, 1.82) is 0 Å². The molecule has 114 valence electrons. The second-order valence-corrected chi connectivity index (χ2v) is 4.58. The molecule has 0 aliphatic heterocycles. The third kappa shape index (κ3) is 6.56. The van der Waals surface area contributed by atoms with E-state index in [1.165, 1.54) is 0 Å². The summed E-state index contributed by atoms with van der Waals surface area (Å²) in [6.07, 6.45) is 1.05. The highest BCUT2D eigenvalue weighted by Crippen LogP contribution is 2.09. The van der Waals surface area contributed by atoms with Gasteiger partial charge in [-0.15, -0.1) is 24.0 Å². The molecule has 0 amide bonds. The predicted octanol–water partition coefficient (Wildman–Crippen LogP) is 2.65. The summed E-state index contributed by atoms with van der Waals surface area (Å²) >= 11 is 0. The van der Waals surface area contributed by atoms with Gasteiger partial charge in [0.05, 0.1) is 13.2 Å². The van der Waals surface area contributed by atoms with E-state index in [1.807, 2.05) is 24.3 Å². The van der Waals surface area contributed by atoms with Gasteiger partial charge in [-0.05, 0) is 31.4 Å². The monoisotopic (exact) mass is 391 g/mol. The maximum absolute atomic E-state index is 9.29. The normalized spacial score (nSPS) is 12.5. The third-order valence-corrected chi connectivity index (χ3v) is 3.04. The van der Waals surface area contributed by atoms with Crippen LogP contribution in [0.1, 0.15) is 38.3 Å². The molecular formula is C15H26IN3O. The fraction of sp³-hybridized carbons (Fsp3) is 0.533. The second kappa shape index (κ2) is 10.9. The summed E-state index contributed by atoms with van der Waals surface area (Å²) in [5.74, 6) is 0.824. The van der Waals surface area contributed by atoms with E-state index < -0.39 is 0 Å². The zero-order valence-corrected chi connectivity index (χ0v) is 14.8. The van der Waals surface area contributed by atoms with E-state index in [0.717, 1.165) is 30.1 Å². The summed E-state index contributed by atoms with van der Waals surface area (Å²) in [6, 6.07) is 8.23. The summed E-state index contributed by atoms with van der Waals surface area (Å²) in [5.41, 5.74) is 2.00. The molecule has 20 heavy (non-hydrogen) atoms. The standard InChI is InChI=1S/C15H25N3O.HI/c1-4-12(3)18-15(16-5-2)17-10-13-8-6-7-9-14(13)11-19;/h6-9,12,19H,4-5,10-11H2,1-3H3,(H2,16,17,18);1H. The van der Waals surface area contributed by atoms with Crippen LogP contribution in [0.3, 0.4) is 0 Å². The molecule has 0 aliphatic carbocycles. The number of halogens is 1. The summed E-state index contributed by atoms with van der Waals surface area (Å²) in [4.78, 5) is 4.56. The predicted molar refractivity (Wildman–Crippen MR) is 95.5 cm³/mol. The van der Waals surface area contributed by atoms with Gasteiger partial charge in [-0.3, -0.25) is 0 Å².